The highest BCUT2D eigenvalue weighted by molar-refractivity contribution is 5.77. The smallest absolute Gasteiger partial charge is 0.407 e. The van der Waals surface area contributed by atoms with Crippen LogP contribution in [-0.2, 0) is 33.4 Å². The summed E-state index contributed by atoms with van der Waals surface area (Å²) in [5.41, 5.74) is 0. The van der Waals surface area contributed by atoms with Crippen LogP contribution in [0.3, 0.4) is 0 Å². The van der Waals surface area contributed by atoms with Gasteiger partial charge in [-0.25, -0.2) is 4.79 Å². The fourth-order valence-corrected chi connectivity index (χ4v) is 7.28. The summed E-state index contributed by atoms with van der Waals surface area (Å²) in [6.45, 7) is 3.56. The Morgan fingerprint density at radius 2 is 0.869 bits per heavy atom. The Hall–Kier alpha value is -3.25. The number of esters is 2. The number of alkyl carbamates (subject to hydrolysis) is 1. The maximum Gasteiger partial charge on any atom is 0.407 e. The van der Waals surface area contributed by atoms with E-state index >= 15 is 0 Å². The number of unbranched alkanes of at least 4 members (excludes halogenated alkanes) is 28. The largest absolute Gasteiger partial charge is 0.481 e. The molecule has 1 atom stereocenters. The van der Waals surface area contributed by atoms with Gasteiger partial charge in [-0.05, 0) is 19.3 Å². The van der Waals surface area contributed by atoms with Crippen LogP contribution >= 0.6 is 0 Å². The van der Waals surface area contributed by atoms with Crippen molar-refractivity contribution in [3.8, 4) is 0 Å². The molecule has 0 aromatic carbocycles. The van der Waals surface area contributed by atoms with Crippen LogP contribution in [0.1, 0.15) is 239 Å². The van der Waals surface area contributed by atoms with Gasteiger partial charge in [0.2, 0.25) is 5.91 Å². The predicted molar refractivity (Wildman–Crippen MR) is 243 cm³/mol. The molecular formula is C48H89N3O10. The minimum absolute atomic E-state index is 0.0419. The van der Waals surface area contributed by atoms with E-state index in [1.807, 2.05) is 0 Å². The fourth-order valence-electron chi connectivity index (χ4n) is 7.28. The Morgan fingerprint density at radius 3 is 1.21 bits per heavy atom. The summed E-state index contributed by atoms with van der Waals surface area (Å²) in [6.07, 6.45) is 35.1. The third-order valence-corrected chi connectivity index (χ3v) is 11.1. The van der Waals surface area contributed by atoms with Gasteiger partial charge in [0.05, 0.1) is 6.04 Å². The van der Waals surface area contributed by atoms with Crippen molar-refractivity contribution in [3.63, 3.8) is 0 Å². The first-order valence-corrected chi connectivity index (χ1v) is 24.8. The monoisotopic (exact) mass is 868 g/mol. The topological polar surface area (TPSA) is 187 Å². The van der Waals surface area contributed by atoms with Gasteiger partial charge in [0, 0.05) is 32.2 Å². The molecule has 0 saturated heterocycles. The average molecular weight is 868 g/mol. The van der Waals surface area contributed by atoms with Gasteiger partial charge in [0.1, 0.15) is 19.8 Å². The zero-order valence-corrected chi connectivity index (χ0v) is 38.8. The number of hydrogen-bond donors (Lipinski definition) is 3. The van der Waals surface area contributed by atoms with Crippen LogP contribution in [0.15, 0.2) is 5.18 Å². The summed E-state index contributed by atoms with van der Waals surface area (Å²) in [4.78, 5) is 71.6. The molecule has 0 heterocycles. The van der Waals surface area contributed by atoms with Crippen molar-refractivity contribution in [2.24, 2.45) is 5.18 Å². The van der Waals surface area contributed by atoms with E-state index < -0.39 is 42.1 Å². The number of nitrogens with one attached hydrogen (secondary N) is 2. The zero-order valence-electron chi connectivity index (χ0n) is 38.8. The van der Waals surface area contributed by atoms with Crippen LogP contribution in [0.2, 0.25) is 0 Å². The molecule has 0 aromatic heterocycles. The molecule has 1 unspecified atom stereocenters. The van der Waals surface area contributed by atoms with E-state index in [9.17, 15) is 28.9 Å². The molecule has 0 aliphatic rings. The van der Waals surface area contributed by atoms with Gasteiger partial charge in [-0.3, -0.25) is 19.2 Å². The van der Waals surface area contributed by atoms with Gasteiger partial charge in [-0.15, -0.1) is 0 Å². The second-order valence-electron chi connectivity index (χ2n) is 17.0. The molecule has 0 spiro atoms. The van der Waals surface area contributed by atoms with Crippen LogP contribution < -0.4 is 10.6 Å². The number of aliphatic carboxylic acids is 1. The molecule has 61 heavy (non-hydrogen) atoms. The second-order valence-corrected chi connectivity index (χ2v) is 17.0. The molecule has 13 heteroatoms. The summed E-state index contributed by atoms with van der Waals surface area (Å²) in [5, 5.41) is 16.6. The molecule has 356 valence electrons. The van der Waals surface area contributed by atoms with Gasteiger partial charge in [0.25, 0.3) is 0 Å². The summed E-state index contributed by atoms with van der Waals surface area (Å²) in [5.74, 6) is -2.38. The number of hydrogen-bond acceptors (Lipinski definition) is 10. The van der Waals surface area contributed by atoms with Crippen molar-refractivity contribution in [2.75, 3.05) is 26.3 Å². The van der Waals surface area contributed by atoms with Crippen LogP contribution in [0.5, 0.6) is 0 Å². The van der Waals surface area contributed by atoms with Crippen molar-refractivity contribution in [1.29, 1.82) is 0 Å². The van der Waals surface area contributed by atoms with Crippen LogP contribution in [0, 0.1) is 4.91 Å². The molecule has 0 radical (unpaired) electrons. The lowest BCUT2D eigenvalue weighted by Crippen LogP contribution is -2.40. The summed E-state index contributed by atoms with van der Waals surface area (Å²) < 4.78 is 16.3. The van der Waals surface area contributed by atoms with Crippen molar-refractivity contribution >= 4 is 29.9 Å². The number of carbonyl (C=O) groups is 5. The molecule has 0 saturated carbocycles. The first kappa shape index (κ1) is 57.8. The average Bonchev–Trinajstić information content (AvgIpc) is 3.23. The van der Waals surface area contributed by atoms with Crippen LogP contribution in [-0.4, -0.2) is 73.5 Å². The van der Waals surface area contributed by atoms with Gasteiger partial charge in [-0.1, -0.05) is 199 Å². The minimum Gasteiger partial charge on any atom is -0.481 e. The van der Waals surface area contributed by atoms with E-state index in [0.29, 0.717) is 12.8 Å². The standard InChI is InChI=1S/C48H89N3O10/c1-3-5-7-9-11-13-15-17-19-21-23-25-27-29-31-33-46(55)59-40-43(61-48(57)49-38-37-44(52)51-42(39-50-58)35-36-45(53)54)41-60-47(56)34-32-30-28-26-24-22-20-18-16-14-12-10-8-6-4-2/h42-43H,3-41H2,1-2H3,(H,49,57)(H,51,52)(H,53,54). The molecule has 3 N–H and O–H groups in total. The van der Waals surface area contributed by atoms with Gasteiger partial charge >= 0.3 is 24.0 Å². The van der Waals surface area contributed by atoms with E-state index in [4.69, 9.17) is 19.3 Å². The minimum atomic E-state index is -1.06. The maximum absolute atomic E-state index is 12.6. The van der Waals surface area contributed by atoms with E-state index in [2.05, 4.69) is 29.7 Å². The summed E-state index contributed by atoms with van der Waals surface area (Å²) in [7, 11) is 0. The van der Waals surface area contributed by atoms with Crippen LogP contribution in [0.25, 0.3) is 0 Å². The molecular weight excluding hydrogens is 779 g/mol. The third-order valence-electron chi connectivity index (χ3n) is 11.1. The van der Waals surface area contributed by atoms with E-state index in [0.717, 1.165) is 38.5 Å². The molecule has 0 aromatic rings. The van der Waals surface area contributed by atoms with Gasteiger partial charge in [0.15, 0.2) is 6.10 Å². The van der Waals surface area contributed by atoms with Crippen LogP contribution in [0.4, 0.5) is 4.79 Å². The lowest BCUT2D eigenvalue weighted by molar-refractivity contribution is -0.152. The highest BCUT2D eigenvalue weighted by Crippen LogP contribution is 2.16. The quantitative estimate of drug-likeness (QED) is 0.0230. The lowest BCUT2D eigenvalue weighted by Gasteiger charge is -2.19. The van der Waals surface area contributed by atoms with E-state index in [-0.39, 0.29) is 58.4 Å². The Labute approximate surface area is 370 Å². The second kappa shape index (κ2) is 44.8. The summed E-state index contributed by atoms with van der Waals surface area (Å²) >= 11 is 0. The number of ether oxygens (including phenoxy) is 3. The lowest BCUT2D eigenvalue weighted by atomic mass is 10.0. The normalized spacial score (nSPS) is 11.6. The van der Waals surface area contributed by atoms with Crippen molar-refractivity contribution < 1.29 is 43.3 Å². The Kier molecular flexibility index (Phi) is 42.4. The number of nitroso groups, excluding NO2 is 1. The van der Waals surface area contributed by atoms with E-state index in [1.54, 1.807) is 0 Å². The summed E-state index contributed by atoms with van der Waals surface area (Å²) in [6, 6.07) is -0.731. The Balaban J connectivity index is 4.51. The molecule has 0 rings (SSSR count). The Morgan fingerprint density at radius 1 is 0.508 bits per heavy atom. The molecule has 0 aliphatic carbocycles. The number of carbonyl (C=O) groups excluding carboxylic acids is 4. The third kappa shape index (κ3) is 43.2. The highest BCUT2D eigenvalue weighted by Gasteiger charge is 2.20. The molecule has 13 nitrogen and oxygen atoms in total. The molecule has 0 bridgehead atoms. The highest BCUT2D eigenvalue weighted by atomic mass is 16.6. The molecule has 0 fully saturated rings. The molecule has 0 aliphatic heterocycles. The Bertz CT molecular complexity index is 1040. The number of amides is 2. The fraction of sp³-hybridized carbons (Fsp3) is 0.896. The maximum atomic E-state index is 12.6. The number of carboxylic acid groups (broad SMARTS) is 1. The predicted octanol–water partition coefficient (Wildman–Crippen LogP) is 12.2. The van der Waals surface area contributed by atoms with Gasteiger partial charge < -0.3 is 30.0 Å². The van der Waals surface area contributed by atoms with Crippen molar-refractivity contribution in [1.82, 2.24) is 10.6 Å². The number of carboxylic acids is 1. The number of nitrogens with zero attached hydrogens (tertiary/aromatic N) is 1. The zero-order chi connectivity index (χ0) is 44.9. The SMILES string of the molecule is CCCCCCCCCCCCCCCCCC(=O)OCC(COC(=O)CCCCCCCCCCCCCCCCC)OC(=O)NCCC(=O)NC(CCC(=O)O)CN=O. The van der Waals surface area contributed by atoms with E-state index in [1.165, 1.54) is 141 Å². The first-order valence-electron chi connectivity index (χ1n) is 24.8. The number of rotatable bonds is 46. The molecule has 2 amide bonds. The first-order chi connectivity index (χ1) is 29.7. The van der Waals surface area contributed by atoms with Gasteiger partial charge in [-0.2, -0.15) is 4.91 Å². The van der Waals surface area contributed by atoms with Crippen molar-refractivity contribution in [2.45, 2.75) is 251 Å². The van der Waals surface area contributed by atoms with Crippen molar-refractivity contribution in [3.05, 3.63) is 4.91 Å².